The van der Waals surface area contributed by atoms with Crippen LogP contribution in [0.1, 0.15) is 46.6 Å². The van der Waals surface area contributed by atoms with E-state index in [0.29, 0.717) is 0 Å². The molecule has 1 saturated heterocycles. The van der Waals surface area contributed by atoms with Gasteiger partial charge in [0.15, 0.2) is 5.69 Å². The molecule has 1 heterocycles. The number of aryl methyl sites for hydroxylation is 1. The summed E-state index contributed by atoms with van der Waals surface area (Å²) in [5.74, 6) is -2.07. The summed E-state index contributed by atoms with van der Waals surface area (Å²) in [7, 11) is 0. The lowest BCUT2D eigenvalue weighted by molar-refractivity contribution is -0.990. The van der Waals surface area contributed by atoms with Gasteiger partial charge >= 0.3 is 0 Å². The van der Waals surface area contributed by atoms with E-state index < -0.39 is 17.1 Å². The average Bonchev–Trinajstić information content (AvgIpc) is 3.09. The topological polar surface area (TPSA) is 85.1 Å². The van der Waals surface area contributed by atoms with E-state index >= 15 is 0 Å². The minimum absolute atomic E-state index is 0.0384. The molecular weight excluding hydrogens is 404 g/mol. The molecule has 4 aliphatic rings. The van der Waals surface area contributed by atoms with Crippen molar-refractivity contribution in [1.82, 2.24) is 0 Å². The highest BCUT2D eigenvalue weighted by Gasteiger charge is 2.62. The van der Waals surface area contributed by atoms with E-state index in [9.17, 15) is 20.0 Å². The minimum Gasteiger partial charge on any atom is -0.595 e. The number of rotatable bonds is 3. The largest absolute Gasteiger partial charge is 0.595 e. The summed E-state index contributed by atoms with van der Waals surface area (Å²) < 4.78 is 0. The van der Waals surface area contributed by atoms with Crippen molar-refractivity contribution in [3.63, 3.8) is 0 Å². The van der Waals surface area contributed by atoms with Crippen LogP contribution in [0, 0.1) is 17.0 Å². The second-order valence-corrected chi connectivity index (χ2v) is 8.79. The number of hydrogen-bond donors (Lipinski definition) is 2. The Bertz CT molecular complexity index is 1280. The summed E-state index contributed by atoms with van der Waals surface area (Å²) in [4.78, 5) is 28.7. The van der Waals surface area contributed by atoms with Crippen LogP contribution in [0.3, 0.4) is 0 Å². The van der Waals surface area contributed by atoms with Crippen molar-refractivity contribution in [2.24, 2.45) is 11.8 Å². The summed E-state index contributed by atoms with van der Waals surface area (Å²) in [6.07, 6.45) is 0.894. The molecular formula is C26H22N2O4. The van der Waals surface area contributed by atoms with Crippen LogP contribution in [0.2, 0.25) is 0 Å². The van der Waals surface area contributed by atoms with Gasteiger partial charge in [-0.2, -0.15) is 5.23 Å². The van der Waals surface area contributed by atoms with Gasteiger partial charge in [-0.15, -0.1) is 0 Å². The second-order valence-electron chi connectivity index (χ2n) is 8.79. The molecule has 6 nitrogen and oxygen atoms in total. The Kier molecular flexibility index (Phi) is 4.14. The van der Waals surface area contributed by atoms with Crippen LogP contribution in [0.4, 0.5) is 11.4 Å². The van der Waals surface area contributed by atoms with E-state index in [0.717, 1.165) is 33.6 Å². The summed E-state index contributed by atoms with van der Waals surface area (Å²) in [6, 6.07) is 20.7. The van der Waals surface area contributed by atoms with Crippen molar-refractivity contribution in [2.45, 2.75) is 25.2 Å². The van der Waals surface area contributed by atoms with Gasteiger partial charge in [-0.1, -0.05) is 61.5 Å². The number of carbonyl (C=O) groups is 2. The molecule has 3 aliphatic carbocycles. The third-order valence-corrected chi connectivity index (χ3v) is 7.39. The summed E-state index contributed by atoms with van der Waals surface area (Å²) in [5.41, 5.74) is 5.77. The highest BCUT2D eigenvalue weighted by molar-refractivity contribution is 6.24. The van der Waals surface area contributed by atoms with Gasteiger partial charge in [0.25, 0.3) is 0 Å². The van der Waals surface area contributed by atoms with E-state index in [-0.39, 0.29) is 35.0 Å². The molecule has 32 heavy (non-hydrogen) atoms. The molecule has 0 radical (unpaired) electrons. The third-order valence-electron chi connectivity index (χ3n) is 7.39. The number of nitrogens with zero attached hydrogens (tertiary/aromatic N) is 1. The molecule has 1 fully saturated rings. The van der Waals surface area contributed by atoms with Crippen molar-refractivity contribution in [3.05, 3.63) is 99.8 Å². The molecule has 1 unspecified atom stereocenters. The monoisotopic (exact) mass is 426 g/mol. The van der Waals surface area contributed by atoms with Gasteiger partial charge in [0.2, 0.25) is 11.8 Å². The summed E-state index contributed by atoms with van der Waals surface area (Å²) >= 11 is 0. The molecule has 0 saturated carbocycles. The molecule has 2 bridgehead atoms. The van der Waals surface area contributed by atoms with Gasteiger partial charge in [0, 0.05) is 17.9 Å². The van der Waals surface area contributed by atoms with Crippen LogP contribution in [-0.4, -0.2) is 17.0 Å². The zero-order valence-corrected chi connectivity index (χ0v) is 17.5. The maximum absolute atomic E-state index is 13.8. The Morgan fingerprint density at radius 3 is 2.03 bits per heavy atom. The fourth-order valence-corrected chi connectivity index (χ4v) is 6.08. The van der Waals surface area contributed by atoms with Gasteiger partial charge in [0.05, 0.1) is 11.8 Å². The Hall–Kier alpha value is -3.32. The zero-order chi connectivity index (χ0) is 22.1. The van der Waals surface area contributed by atoms with Gasteiger partial charge in [-0.05, 0) is 40.3 Å². The van der Waals surface area contributed by atoms with Gasteiger partial charge < -0.3 is 5.21 Å². The Labute approximate surface area is 185 Å². The molecule has 5 atom stereocenters. The van der Waals surface area contributed by atoms with Crippen LogP contribution in [-0.2, 0) is 16.0 Å². The lowest BCUT2D eigenvalue weighted by Gasteiger charge is -2.46. The van der Waals surface area contributed by atoms with Crippen molar-refractivity contribution in [1.29, 1.82) is 0 Å². The van der Waals surface area contributed by atoms with E-state index in [4.69, 9.17) is 0 Å². The number of benzene rings is 3. The number of imide groups is 1. The summed E-state index contributed by atoms with van der Waals surface area (Å²) in [5, 5.41) is 20.3. The smallest absolute Gasteiger partial charge is 0.238 e. The van der Waals surface area contributed by atoms with Gasteiger partial charge in [-0.3, -0.25) is 9.59 Å². The molecule has 160 valence electrons. The van der Waals surface area contributed by atoms with Crippen LogP contribution < -0.4 is 10.1 Å². The number of nitrogens with one attached hydrogen (secondary N) is 1. The third kappa shape index (κ3) is 2.40. The average molecular weight is 426 g/mol. The van der Waals surface area contributed by atoms with Crippen molar-refractivity contribution < 1.29 is 20.0 Å². The van der Waals surface area contributed by atoms with Gasteiger partial charge in [-0.25, -0.2) is 10.1 Å². The predicted molar refractivity (Wildman–Crippen MR) is 118 cm³/mol. The van der Waals surface area contributed by atoms with Gasteiger partial charge in [0.1, 0.15) is 5.69 Å². The lowest BCUT2D eigenvalue weighted by atomic mass is 9.55. The first-order valence-electron chi connectivity index (χ1n) is 10.9. The molecule has 2 N–H and O–H groups in total. The number of hydrogen-bond acceptors (Lipinski definition) is 4. The second kappa shape index (κ2) is 6.84. The van der Waals surface area contributed by atoms with E-state index in [1.807, 2.05) is 12.1 Å². The quantitative estimate of drug-likeness (QED) is 0.498. The standard InChI is InChI=1S/C26H22N2O4/c1-2-14-11-12-17-18(13-14)22-16-8-4-3-7-15(16)21(17)23-24(22)26(30)27(25(23)29)19-9-5-6-10-20(19)28(31)32/h3-13,21-24,28,31H,2H2,1H3/t21-,22-,23+,24-/m1/s1. The van der Waals surface area contributed by atoms with E-state index in [1.165, 1.54) is 11.6 Å². The number of carbonyl (C=O) groups excluding carboxylic acids is 2. The molecule has 1 aliphatic heterocycles. The molecule has 3 aromatic rings. The Balaban J connectivity index is 1.56. The van der Waals surface area contributed by atoms with Crippen molar-refractivity contribution >= 4 is 23.2 Å². The maximum atomic E-state index is 13.8. The predicted octanol–water partition coefficient (Wildman–Crippen LogP) is 3.05. The van der Waals surface area contributed by atoms with E-state index in [2.05, 4.69) is 37.3 Å². The molecule has 0 spiro atoms. The number of para-hydroxylation sites is 2. The molecule has 2 amide bonds. The van der Waals surface area contributed by atoms with E-state index in [1.54, 1.807) is 18.2 Å². The molecule has 0 aromatic heterocycles. The number of amides is 2. The minimum atomic E-state index is -1.15. The van der Waals surface area contributed by atoms with Crippen LogP contribution in [0.15, 0.2) is 66.7 Å². The fraction of sp³-hybridized carbons (Fsp3) is 0.231. The Morgan fingerprint density at radius 2 is 1.41 bits per heavy atom. The first-order chi connectivity index (χ1) is 15.5. The molecule has 6 heteroatoms. The van der Waals surface area contributed by atoms with Crippen LogP contribution in [0.25, 0.3) is 0 Å². The maximum Gasteiger partial charge on any atom is 0.238 e. The van der Waals surface area contributed by atoms with Crippen molar-refractivity contribution in [3.8, 4) is 0 Å². The van der Waals surface area contributed by atoms with Crippen LogP contribution >= 0.6 is 0 Å². The molecule has 3 aromatic carbocycles. The normalized spacial score (nSPS) is 26.0. The first kappa shape index (κ1) is 19.4. The highest BCUT2D eigenvalue weighted by atomic mass is 16.8. The number of quaternary nitrogens is 1. The first-order valence-corrected chi connectivity index (χ1v) is 10.9. The van der Waals surface area contributed by atoms with Crippen LogP contribution in [0.5, 0.6) is 0 Å². The lowest BCUT2D eigenvalue weighted by Crippen LogP contribution is -2.99. The number of anilines is 1. The molecule has 7 rings (SSSR count). The highest BCUT2D eigenvalue weighted by Crippen LogP contribution is 2.61. The Morgan fingerprint density at radius 1 is 0.844 bits per heavy atom. The summed E-state index contributed by atoms with van der Waals surface area (Å²) in [6.45, 7) is 2.11. The zero-order valence-electron chi connectivity index (χ0n) is 17.5. The fourth-order valence-electron chi connectivity index (χ4n) is 6.08. The van der Waals surface area contributed by atoms with Crippen molar-refractivity contribution in [2.75, 3.05) is 4.90 Å². The SMILES string of the molecule is CCc1ccc2c(c1)[C@H]1c3ccccc3[C@H]2[C@@H]2C(=O)N(c3ccccc3[NH+]([O-])O)C(=O)[C@H]12.